The van der Waals surface area contributed by atoms with Gasteiger partial charge in [-0.2, -0.15) is 24.9 Å². The topological polar surface area (TPSA) is 24.9 Å². The maximum Gasteiger partial charge on any atom is 0.416 e. The summed E-state index contributed by atoms with van der Waals surface area (Å²) in [5, 5.41) is 2.78. The zero-order chi connectivity index (χ0) is 13.4. The summed E-state index contributed by atoms with van der Waals surface area (Å²) < 4.78 is 37.9. The fourth-order valence-electron chi connectivity index (χ4n) is 1.60. The van der Waals surface area contributed by atoms with Crippen molar-refractivity contribution in [1.82, 2.24) is 4.98 Å². The summed E-state index contributed by atoms with van der Waals surface area (Å²) in [7, 11) is 0. The highest BCUT2D eigenvalue weighted by Gasteiger charge is 2.41. The van der Waals surface area contributed by atoms with Crippen LogP contribution in [0.15, 0.2) is 12.1 Å². The molecule has 0 unspecified atom stereocenters. The third-order valence-corrected chi connectivity index (χ3v) is 4.57. The third-order valence-electron chi connectivity index (χ3n) is 2.95. The molecule has 1 aromatic rings. The predicted octanol–water partition coefficient (Wildman–Crippen LogP) is 4.06. The SMILES string of the molecule is CSC1(CNc2cc(C(F)(F)F)cc(Cl)n2)CC1. The van der Waals surface area contributed by atoms with E-state index in [1.54, 1.807) is 11.8 Å². The molecule has 0 saturated heterocycles. The molecule has 18 heavy (non-hydrogen) atoms. The number of aromatic nitrogens is 1. The molecule has 1 fully saturated rings. The summed E-state index contributed by atoms with van der Waals surface area (Å²) >= 11 is 7.33. The zero-order valence-electron chi connectivity index (χ0n) is 9.64. The van der Waals surface area contributed by atoms with E-state index < -0.39 is 11.7 Å². The monoisotopic (exact) mass is 296 g/mol. The van der Waals surface area contributed by atoms with Crippen molar-refractivity contribution in [2.75, 3.05) is 18.1 Å². The summed E-state index contributed by atoms with van der Waals surface area (Å²) in [5.41, 5.74) is -0.779. The summed E-state index contributed by atoms with van der Waals surface area (Å²) in [6, 6.07) is 1.82. The van der Waals surface area contributed by atoms with Gasteiger partial charge in [-0.05, 0) is 31.2 Å². The van der Waals surface area contributed by atoms with E-state index in [1.165, 1.54) is 0 Å². The Morgan fingerprint density at radius 2 is 2.11 bits per heavy atom. The second-order valence-electron chi connectivity index (χ2n) is 4.30. The van der Waals surface area contributed by atoms with E-state index in [2.05, 4.69) is 10.3 Å². The molecule has 100 valence electrons. The van der Waals surface area contributed by atoms with Gasteiger partial charge >= 0.3 is 6.18 Å². The number of nitrogens with one attached hydrogen (secondary N) is 1. The van der Waals surface area contributed by atoms with Gasteiger partial charge in [-0.1, -0.05) is 11.6 Å². The lowest BCUT2D eigenvalue weighted by Gasteiger charge is -2.15. The predicted molar refractivity (Wildman–Crippen MR) is 68.2 cm³/mol. The molecule has 2 rings (SSSR count). The summed E-state index contributed by atoms with van der Waals surface area (Å²) in [6.07, 6.45) is -0.247. The molecule has 1 N–H and O–H groups in total. The first-order chi connectivity index (χ1) is 8.35. The standard InChI is InChI=1S/C11H12ClF3N2S/c1-18-10(2-3-10)6-16-9-5-7(11(13,14)15)4-8(12)17-9/h4-5H,2-3,6H2,1H3,(H,16,17). The van der Waals surface area contributed by atoms with E-state index in [9.17, 15) is 13.2 Å². The molecule has 1 heterocycles. The van der Waals surface area contributed by atoms with Crippen molar-refractivity contribution in [2.45, 2.75) is 23.8 Å². The molecular weight excluding hydrogens is 285 g/mol. The average molecular weight is 297 g/mol. The molecule has 0 aliphatic heterocycles. The third kappa shape index (κ3) is 3.23. The highest BCUT2D eigenvalue weighted by Crippen LogP contribution is 2.47. The number of alkyl halides is 3. The van der Waals surface area contributed by atoms with Crippen LogP contribution in [0.3, 0.4) is 0 Å². The van der Waals surface area contributed by atoms with Gasteiger partial charge in [0.2, 0.25) is 0 Å². The van der Waals surface area contributed by atoms with Crippen LogP contribution in [0.4, 0.5) is 19.0 Å². The number of hydrogen-bond acceptors (Lipinski definition) is 3. The zero-order valence-corrected chi connectivity index (χ0v) is 11.2. The molecule has 0 amide bonds. The molecule has 1 aliphatic rings. The van der Waals surface area contributed by atoms with Crippen LogP contribution in [0.5, 0.6) is 0 Å². The number of rotatable bonds is 4. The molecule has 1 aromatic heterocycles. The quantitative estimate of drug-likeness (QED) is 0.848. The fourth-order valence-corrected chi connectivity index (χ4v) is 2.53. The summed E-state index contributed by atoms with van der Waals surface area (Å²) in [4.78, 5) is 3.86. The van der Waals surface area contributed by atoms with Crippen molar-refractivity contribution < 1.29 is 13.2 Å². The Bertz CT molecular complexity index is 446. The van der Waals surface area contributed by atoms with Gasteiger partial charge in [0.25, 0.3) is 0 Å². The van der Waals surface area contributed by atoms with Gasteiger partial charge in [0, 0.05) is 11.3 Å². The van der Waals surface area contributed by atoms with Crippen molar-refractivity contribution in [3.8, 4) is 0 Å². The van der Waals surface area contributed by atoms with Gasteiger partial charge in [-0.15, -0.1) is 0 Å². The molecule has 2 nitrogen and oxygen atoms in total. The van der Waals surface area contributed by atoms with Gasteiger partial charge in [-0.25, -0.2) is 4.98 Å². The first-order valence-electron chi connectivity index (χ1n) is 5.38. The van der Waals surface area contributed by atoms with Gasteiger partial charge < -0.3 is 5.32 Å². The number of anilines is 1. The number of halogens is 4. The Kier molecular flexibility index (Phi) is 3.69. The van der Waals surface area contributed by atoms with Gasteiger partial charge in [-0.3, -0.25) is 0 Å². The van der Waals surface area contributed by atoms with Gasteiger partial charge in [0.05, 0.1) is 5.56 Å². The smallest absolute Gasteiger partial charge is 0.369 e. The van der Waals surface area contributed by atoms with Crippen molar-refractivity contribution in [3.63, 3.8) is 0 Å². The minimum absolute atomic E-state index is 0.152. The molecular formula is C11H12ClF3N2S. The van der Waals surface area contributed by atoms with E-state index in [-0.39, 0.29) is 15.7 Å². The van der Waals surface area contributed by atoms with E-state index in [4.69, 9.17) is 11.6 Å². The summed E-state index contributed by atoms with van der Waals surface area (Å²) in [5.74, 6) is 0.176. The lowest BCUT2D eigenvalue weighted by Crippen LogP contribution is -2.18. The molecule has 0 radical (unpaired) electrons. The Balaban J connectivity index is 2.11. The lowest BCUT2D eigenvalue weighted by molar-refractivity contribution is -0.137. The number of hydrogen-bond donors (Lipinski definition) is 1. The molecule has 0 atom stereocenters. The van der Waals surface area contributed by atoms with Crippen molar-refractivity contribution in [1.29, 1.82) is 0 Å². The molecule has 0 aromatic carbocycles. The van der Waals surface area contributed by atoms with Crippen LogP contribution in [0.1, 0.15) is 18.4 Å². The van der Waals surface area contributed by atoms with Crippen LogP contribution in [0, 0.1) is 0 Å². The molecule has 0 bridgehead atoms. The second-order valence-corrected chi connectivity index (χ2v) is 5.96. The Hall–Kier alpha value is -0.620. The molecule has 0 spiro atoms. The maximum absolute atomic E-state index is 12.6. The number of thioether (sulfide) groups is 1. The van der Waals surface area contributed by atoms with Crippen molar-refractivity contribution in [2.24, 2.45) is 0 Å². The van der Waals surface area contributed by atoms with E-state index in [0.29, 0.717) is 6.54 Å². The molecule has 1 aliphatic carbocycles. The second kappa shape index (κ2) is 4.81. The highest BCUT2D eigenvalue weighted by molar-refractivity contribution is 8.00. The van der Waals surface area contributed by atoms with E-state index in [1.807, 2.05) is 6.26 Å². The molecule has 1 saturated carbocycles. The van der Waals surface area contributed by atoms with Crippen molar-refractivity contribution in [3.05, 3.63) is 22.8 Å². The minimum atomic E-state index is -4.40. The van der Waals surface area contributed by atoms with Crippen molar-refractivity contribution >= 4 is 29.2 Å². The Labute approximate surface area is 112 Å². The largest absolute Gasteiger partial charge is 0.416 e. The molecule has 7 heteroatoms. The van der Waals surface area contributed by atoms with Crippen LogP contribution in [0.25, 0.3) is 0 Å². The van der Waals surface area contributed by atoms with E-state index >= 15 is 0 Å². The lowest BCUT2D eigenvalue weighted by atomic mass is 10.2. The fraction of sp³-hybridized carbons (Fsp3) is 0.545. The van der Waals surface area contributed by atoms with Crippen LogP contribution in [-0.4, -0.2) is 22.5 Å². The number of pyridine rings is 1. The Morgan fingerprint density at radius 1 is 1.44 bits per heavy atom. The maximum atomic E-state index is 12.6. The van der Waals surface area contributed by atoms with Crippen LogP contribution < -0.4 is 5.32 Å². The first kappa shape index (κ1) is 13.8. The Morgan fingerprint density at radius 3 is 2.61 bits per heavy atom. The highest BCUT2D eigenvalue weighted by atomic mass is 35.5. The summed E-state index contributed by atoms with van der Waals surface area (Å²) in [6.45, 7) is 0.610. The van der Waals surface area contributed by atoms with E-state index in [0.717, 1.165) is 25.0 Å². The first-order valence-corrected chi connectivity index (χ1v) is 6.99. The van der Waals surface area contributed by atoms with Crippen LogP contribution >= 0.6 is 23.4 Å². The minimum Gasteiger partial charge on any atom is -0.369 e. The average Bonchev–Trinajstić information content (AvgIpc) is 3.05. The van der Waals surface area contributed by atoms with Crippen LogP contribution in [0.2, 0.25) is 5.15 Å². The number of nitrogens with zero attached hydrogens (tertiary/aromatic N) is 1. The van der Waals surface area contributed by atoms with Gasteiger partial charge in [0.1, 0.15) is 11.0 Å². The van der Waals surface area contributed by atoms with Gasteiger partial charge in [0.15, 0.2) is 0 Å². The van der Waals surface area contributed by atoms with Crippen LogP contribution in [-0.2, 0) is 6.18 Å². The normalized spacial score (nSPS) is 17.6.